The number of nitrogens with one attached hydrogen (secondary N) is 2. The molecule has 0 aliphatic rings. The van der Waals surface area contributed by atoms with Crippen LogP contribution in [0.4, 0.5) is 10.1 Å². The lowest BCUT2D eigenvalue weighted by molar-refractivity contribution is 0.0951. The molecule has 1 atom stereocenters. The molecule has 2 aromatic heterocycles. The zero-order valence-corrected chi connectivity index (χ0v) is 16.7. The topological polar surface area (TPSA) is 71.8 Å². The van der Waals surface area contributed by atoms with Gasteiger partial charge < -0.3 is 10.6 Å². The van der Waals surface area contributed by atoms with Gasteiger partial charge in [0.25, 0.3) is 5.91 Å². The Labute approximate surface area is 164 Å². The molecule has 1 aromatic carbocycles. The Balaban J connectivity index is 1.91. The fraction of sp³-hybridized carbons (Fsp3) is 0.381. The SMILES string of the molecule is CCn1ncc2c(N[C@@H](C)C(C)C)c(C(=O)NCc3ccc(F)cc3)cnc21. The third kappa shape index (κ3) is 4.13. The van der Waals surface area contributed by atoms with Crippen molar-refractivity contribution in [1.29, 1.82) is 0 Å². The lowest BCUT2D eigenvalue weighted by Crippen LogP contribution is -2.27. The van der Waals surface area contributed by atoms with Crippen LogP contribution in [-0.2, 0) is 13.1 Å². The first-order valence-electron chi connectivity index (χ1n) is 9.54. The highest BCUT2D eigenvalue weighted by molar-refractivity contribution is 6.06. The van der Waals surface area contributed by atoms with Crippen molar-refractivity contribution >= 4 is 22.6 Å². The second-order valence-electron chi connectivity index (χ2n) is 7.23. The minimum atomic E-state index is -0.299. The number of fused-ring (bicyclic) bond motifs is 1. The van der Waals surface area contributed by atoms with Gasteiger partial charge in [0.2, 0.25) is 0 Å². The molecule has 0 aliphatic carbocycles. The number of aromatic nitrogens is 3. The van der Waals surface area contributed by atoms with Crippen molar-refractivity contribution in [2.75, 3.05) is 5.32 Å². The van der Waals surface area contributed by atoms with E-state index in [-0.39, 0.29) is 17.8 Å². The number of rotatable bonds is 7. The summed E-state index contributed by atoms with van der Waals surface area (Å²) < 4.78 is 14.9. The molecule has 6 nitrogen and oxygen atoms in total. The van der Waals surface area contributed by atoms with E-state index in [2.05, 4.69) is 41.5 Å². The Morgan fingerprint density at radius 1 is 1.18 bits per heavy atom. The molecule has 0 unspecified atom stereocenters. The molecule has 1 amide bonds. The number of carbonyl (C=O) groups excluding carboxylic acids is 1. The van der Waals surface area contributed by atoms with Crippen LogP contribution < -0.4 is 10.6 Å². The van der Waals surface area contributed by atoms with Crippen molar-refractivity contribution in [3.8, 4) is 0 Å². The van der Waals surface area contributed by atoms with Crippen LogP contribution in [0.3, 0.4) is 0 Å². The Morgan fingerprint density at radius 2 is 1.89 bits per heavy atom. The fourth-order valence-corrected chi connectivity index (χ4v) is 2.86. The average molecular weight is 383 g/mol. The highest BCUT2D eigenvalue weighted by Crippen LogP contribution is 2.27. The van der Waals surface area contributed by atoms with E-state index in [9.17, 15) is 9.18 Å². The lowest BCUT2D eigenvalue weighted by Gasteiger charge is -2.21. The number of benzene rings is 1. The second kappa shape index (κ2) is 8.37. The first-order valence-corrected chi connectivity index (χ1v) is 9.54. The highest BCUT2D eigenvalue weighted by atomic mass is 19.1. The van der Waals surface area contributed by atoms with Crippen molar-refractivity contribution in [2.24, 2.45) is 5.92 Å². The summed E-state index contributed by atoms with van der Waals surface area (Å²) >= 11 is 0. The zero-order valence-electron chi connectivity index (χ0n) is 16.7. The van der Waals surface area contributed by atoms with Crippen molar-refractivity contribution in [3.05, 3.63) is 53.6 Å². The maximum Gasteiger partial charge on any atom is 0.255 e. The van der Waals surface area contributed by atoms with Gasteiger partial charge in [-0.3, -0.25) is 4.79 Å². The van der Waals surface area contributed by atoms with E-state index >= 15 is 0 Å². The van der Waals surface area contributed by atoms with E-state index in [0.717, 1.165) is 22.3 Å². The van der Waals surface area contributed by atoms with E-state index in [4.69, 9.17) is 0 Å². The normalized spacial score (nSPS) is 12.4. The first kappa shape index (κ1) is 19.8. The number of pyridine rings is 1. The quantitative estimate of drug-likeness (QED) is 0.647. The van der Waals surface area contributed by atoms with Gasteiger partial charge in [0.05, 0.1) is 22.8 Å². The average Bonchev–Trinajstić information content (AvgIpc) is 3.11. The van der Waals surface area contributed by atoms with Crippen LogP contribution in [0, 0.1) is 11.7 Å². The van der Waals surface area contributed by atoms with Crippen molar-refractivity contribution in [2.45, 2.75) is 46.8 Å². The molecule has 7 heteroatoms. The summed E-state index contributed by atoms with van der Waals surface area (Å²) in [7, 11) is 0. The van der Waals surface area contributed by atoms with E-state index in [1.54, 1.807) is 29.2 Å². The number of nitrogens with zero attached hydrogens (tertiary/aromatic N) is 3. The summed E-state index contributed by atoms with van der Waals surface area (Å²) in [5.41, 5.74) is 2.78. The van der Waals surface area contributed by atoms with Gasteiger partial charge in [-0.25, -0.2) is 14.1 Å². The van der Waals surface area contributed by atoms with Gasteiger partial charge in [-0.05, 0) is 37.5 Å². The van der Waals surface area contributed by atoms with Crippen LogP contribution in [0.1, 0.15) is 43.6 Å². The Morgan fingerprint density at radius 3 is 2.54 bits per heavy atom. The summed E-state index contributed by atoms with van der Waals surface area (Å²) in [6, 6.07) is 6.24. The van der Waals surface area contributed by atoms with Crippen LogP contribution in [0.2, 0.25) is 0 Å². The highest BCUT2D eigenvalue weighted by Gasteiger charge is 2.20. The summed E-state index contributed by atoms with van der Waals surface area (Å²) in [5.74, 6) is -0.146. The van der Waals surface area contributed by atoms with Gasteiger partial charge in [-0.1, -0.05) is 26.0 Å². The third-order valence-corrected chi connectivity index (χ3v) is 4.95. The molecule has 2 heterocycles. The Kier molecular flexibility index (Phi) is 5.92. The summed E-state index contributed by atoms with van der Waals surface area (Å²) in [4.78, 5) is 17.3. The number of halogens is 1. The number of hydrogen-bond donors (Lipinski definition) is 2. The van der Waals surface area contributed by atoms with Crippen LogP contribution in [-0.4, -0.2) is 26.7 Å². The Bertz CT molecular complexity index is 965. The standard InChI is InChI=1S/C21H26FN5O/c1-5-27-20-17(12-25-27)19(26-14(4)13(2)3)18(11-23-20)21(28)24-10-15-6-8-16(22)9-7-15/h6-9,11-14H,5,10H2,1-4H3,(H,23,26)(H,24,28)/t14-/m0/s1. The van der Waals surface area contributed by atoms with Gasteiger partial charge in [0.15, 0.2) is 5.65 Å². The maximum absolute atomic E-state index is 13.1. The summed E-state index contributed by atoms with van der Waals surface area (Å²) in [6.45, 7) is 9.35. The number of amides is 1. The van der Waals surface area contributed by atoms with Crippen LogP contribution >= 0.6 is 0 Å². The lowest BCUT2D eigenvalue weighted by atomic mass is 10.0. The van der Waals surface area contributed by atoms with Gasteiger partial charge >= 0.3 is 0 Å². The molecular weight excluding hydrogens is 357 g/mol. The van der Waals surface area contributed by atoms with Gasteiger partial charge in [-0.15, -0.1) is 0 Å². The van der Waals surface area contributed by atoms with Gasteiger partial charge in [-0.2, -0.15) is 5.10 Å². The van der Waals surface area contributed by atoms with Crippen molar-refractivity contribution in [1.82, 2.24) is 20.1 Å². The van der Waals surface area contributed by atoms with Gasteiger partial charge in [0, 0.05) is 25.3 Å². The van der Waals surface area contributed by atoms with E-state index < -0.39 is 0 Å². The van der Waals surface area contributed by atoms with E-state index in [1.807, 2.05) is 6.92 Å². The number of aryl methyl sites for hydroxylation is 1. The molecule has 148 valence electrons. The largest absolute Gasteiger partial charge is 0.381 e. The second-order valence-corrected chi connectivity index (χ2v) is 7.23. The van der Waals surface area contributed by atoms with Crippen molar-refractivity contribution in [3.63, 3.8) is 0 Å². The van der Waals surface area contributed by atoms with E-state index in [0.29, 0.717) is 24.6 Å². The maximum atomic E-state index is 13.1. The number of hydrogen-bond acceptors (Lipinski definition) is 4. The van der Waals surface area contributed by atoms with Crippen molar-refractivity contribution < 1.29 is 9.18 Å². The zero-order chi connectivity index (χ0) is 20.3. The van der Waals surface area contributed by atoms with Crippen LogP contribution in [0.25, 0.3) is 11.0 Å². The fourth-order valence-electron chi connectivity index (χ4n) is 2.86. The molecule has 0 saturated heterocycles. The monoisotopic (exact) mass is 383 g/mol. The molecule has 3 aromatic rings. The minimum absolute atomic E-state index is 0.166. The molecule has 0 radical (unpaired) electrons. The summed E-state index contributed by atoms with van der Waals surface area (Å²) in [5, 5.41) is 11.6. The number of carbonyl (C=O) groups is 1. The Hall–Kier alpha value is -2.96. The molecule has 0 bridgehead atoms. The van der Waals surface area contributed by atoms with E-state index in [1.165, 1.54) is 12.1 Å². The molecular formula is C21H26FN5O. The van der Waals surface area contributed by atoms with Gasteiger partial charge in [0.1, 0.15) is 5.82 Å². The third-order valence-electron chi connectivity index (χ3n) is 4.95. The molecule has 0 aliphatic heterocycles. The molecule has 28 heavy (non-hydrogen) atoms. The molecule has 0 fully saturated rings. The number of anilines is 1. The van der Waals surface area contributed by atoms with Crippen LogP contribution in [0.5, 0.6) is 0 Å². The molecule has 0 spiro atoms. The predicted octanol–water partition coefficient (Wildman–Crippen LogP) is 3.98. The molecule has 3 rings (SSSR count). The molecule has 2 N–H and O–H groups in total. The minimum Gasteiger partial charge on any atom is -0.381 e. The summed E-state index contributed by atoms with van der Waals surface area (Å²) in [6.07, 6.45) is 3.34. The first-order chi connectivity index (χ1) is 13.4. The smallest absolute Gasteiger partial charge is 0.255 e. The molecule has 0 saturated carbocycles. The predicted molar refractivity (Wildman–Crippen MR) is 109 cm³/mol. The van der Waals surface area contributed by atoms with Crippen LogP contribution in [0.15, 0.2) is 36.7 Å².